The highest BCUT2D eigenvalue weighted by Gasteiger charge is 2.13. The summed E-state index contributed by atoms with van der Waals surface area (Å²) in [7, 11) is 0. The fourth-order valence-electron chi connectivity index (χ4n) is 1.59. The second-order valence-corrected chi connectivity index (χ2v) is 6.88. The van der Waals surface area contributed by atoms with Gasteiger partial charge in [-0.1, -0.05) is 18.5 Å². The summed E-state index contributed by atoms with van der Waals surface area (Å²) in [4.78, 5) is 17.4. The smallest absolute Gasteiger partial charge is 0.258 e. The number of aromatic nitrogens is 1. The van der Waals surface area contributed by atoms with E-state index in [0.717, 1.165) is 14.2 Å². The van der Waals surface area contributed by atoms with Crippen LogP contribution in [0.25, 0.3) is 0 Å². The number of carbonyl (C=O) groups excluding carboxylic acids is 1. The zero-order valence-corrected chi connectivity index (χ0v) is 14.4. The van der Waals surface area contributed by atoms with Crippen molar-refractivity contribution >= 4 is 57.7 Å². The average molecular weight is 419 g/mol. The molecular weight excluding hydrogens is 407 g/mol. The summed E-state index contributed by atoms with van der Waals surface area (Å²) in [5.41, 5.74) is 0.574. The molecule has 0 fully saturated rings. The third-order valence-electron chi connectivity index (χ3n) is 2.46. The normalized spacial score (nSPS) is 10.3. The number of hydrogen-bond donors (Lipinski definition) is 1. The van der Waals surface area contributed by atoms with Crippen molar-refractivity contribution < 1.29 is 4.79 Å². The fraction of sp³-hybridized carbons (Fsp3) is 0.143. The molecule has 0 spiro atoms. The Morgan fingerprint density at radius 2 is 2.20 bits per heavy atom. The standard InChI is InChI=1S/C14H12ClIN2OS/c1-2-20-12-5-3-9(15)7-11(12)14(19)18-13-6-4-10(16)8-17-13/h3-8H,2H2,1H3,(H,17,18,19). The van der Waals surface area contributed by atoms with Gasteiger partial charge in [-0.15, -0.1) is 11.8 Å². The van der Waals surface area contributed by atoms with E-state index in [2.05, 4.69) is 32.9 Å². The lowest BCUT2D eigenvalue weighted by molar-refractivity contribution is 0.102. The van der Waals surface area contributed by atoms with E-state index in [-0.39, 0.29) is 5.91 Å². The van der Waals surface area contributed by atoms with E-state index in [1.807, 2.05) is 19.1 Å². The Hall–Kier alpha value is -0.790. The number of halogens is 2. The van der Waals surface area contributed by atoms with E-state index in [0.29, 0.717) is 16.4 Å². The molecule has 0 aliphatic rings. The van der Waals surface area contributed by atoms with Crippen LogP contribution in [0.3, 0.4) is 0 Å². The molecule has 0 aliphatic heterocycles. The Balaban J connectivity index is 2.23. The Labute approximate surface area is 140 Å². The third-order valence-corrected chi connectivity index (χ3v) is 4.28. The number of nitrogens with zero attached hydrogens (tertiary/aromatic N) is 1. The zero-order chi connectivity index (χ0) is 14.5. The monoisotopic (exact) mass is 418 g/mol. The summed E-state index contributed by atoms with van der Waals surface area (Å²) in [5, 5.41) is 3.33. The average Bonchev–Trinajstić information content (AvgIpc) is 2.43. The fourth-order valence-corrected chi connectivity index (χ4v) is 2.87. The minimum Gasteiger partial charge on any atom is -0.307 e. The van der Waals surface area contributed by atoms with E-state index in [1.165, 1.54) is 0 Å². The minimum atomic E-state index is -0.197. The predicted octanol–water partition coefficient (Wildman–Crippen LogP) is 4.70. The van der Waals surface area contributed by atoms with Crippen LogP contribution in [-0.4, -0.2) is 16.6 Å². The van der Waals surface area contributed by atoms with E-state index in [4.69, 9.17) is 11.6 Å². The molecule has 0 atom stereocenters. The van der Waals surface area contributed by atoms with Gasteiger partial charge < -0.3 is 5.32 Å². The van der Waals surface area contributed by atoms with E-state index in [9.17, 15) is 4.79 Å². The number of amides is 1. The maximum Gasteiger partial charge on any atom is 0.258 e. The highest BCUT2D eigenvalue weighted by atomic mass is 127. The van der Waals surface area contributed by atoms with Gasteiger partial charge in [0.15, 0.2) is 0 Å². The number of hydrogen-bond acceptors (Lipinski definition) is 3. The molecule has 0 bridgehead atoms. The van der Waals surface area contributed by atoms with Crippen LogP contribution in [0.1, 0.15) is 17.3 Å². The Morgan fingerprint density at radius 3 is 2.85 bits per heavy atom. The van der Waals surface area contributed by atoms with Crippen molar-refractivity contribution in [3.05, 3.63) is 50.7 Å². The number of carbonyl (C=O) groups is 1. The number of benzene rings is 1. The Kier molecular flexibility index (Phi) is 5.68. The van der Waals surface area contributed by atoms with Crippen LogP contribution in [0.2, 0.25) is 5.02 Å². The van der Waals surface area contributed by atoms with Gasteiger partial charge >= 0.3 is 0 Å². The highest BCUT2D eigenvalue weighted by Crippen LogP contribution is 2.26. The van der Waals surface area contributed by atoms with Gasteiger partial charge in [-0.3, -0.25) is 4.79 Å². The van der Waals surface area contributed by atoms with Crippen molar-refractivity contribution in [2.75, 3.05) is 11.1 Å². The molecule has 1 aromatic heterocycles. The number of pyridine rings is 1. The number of rotatable bonds is 4. The molecule has 1 N–H and O–H groups in total. The van der Waals surface area contributed by atoms with Crippen LogP contribution in [0, 0.1) is 3.57 Å². The van der Waals surface area contributed by atoms with Gasteiger partial charge in [0.25, 0.3) is 5.91 Å². The highest BCUT2D eigenvalue weighted by molar-refractivity contribution is 14.1. The predicted molar refractivity (Wildman–Crippen MR) is 92.8 cm³/mol. The second-order valence-electron chi connectivity index (χ2n) is 3.89. The molecule has 2 rings (SSSR count). The molecule has 104 valence electrons. The van der Waals surface area contributed by atoms with E-state index in [1.54, 1.807) is 36.2 Å². The molecule has 0 saturated carbocycles. The summed E-state index contributed by atoms with van der Waals surface area (Å²) in [5.74, 6) is 1.23. The van der Waals surface area contributed by atoms with Gasteiger partial charge in [0, 0.05) is 19.7 Å². The first-order valence-electron chi connectivity index (χ1n) is 5.95. The van der Waals surface area contributed by atoms with Gasteiger partial charge in [0.1, 0.15) is 5.82 Å². The van der Waals surface area contributed by atoms with Crippen molar-refractivity contribution in [3.63, 3.8) is 0 Å². The largest absolute Gasteiger partial charge is 0.307 e. The van der Waals surface area contributed by atoms with Gasteiger partial charge in [0.05, 0.1) is 5.56 Å². The van der Waals surface area contributed by atoms with Crippen LogP contribution < -0.4 is 5.32 Å². The quantitative estimate of drug-likeness (QED) is 0.578. The van der Waals surface area contributed by atoms with Crippen LogP contribution in [-0.2, 0) is 0 Å². The maximum absolute atomic E-state index is 12.3. The zero-order valence-electron chi connectivity index (χ0n) is 10.7. The first kappa shape index (κ1) is 15.6. The first-order valence-corrected chi connectivity index (χ1v) is 8.39. The van der Waals surface area contributed by atoms with Crippen molar-refractivity contribution in [2.24, 2.45) is 0 Å². The van der Waals surface area contributed by atoms with Gasteiger partial charge in [-0.2, -0.15) is 0 Å². The summed E-state index contributed by atoms with van der Waals surface area (Å²) < 4.78 is 1.02. The summed E-state index contributed by atoms with van der Waals surface area (Å²) in [6, 6.07) is 9.01. The molecule has 0 aliphatic carbocycles. The van der Waals surface area contributed by atoms with Crippen LogP contribution in [0.15, 0.2) is 41.4 Å². The second kappa shape index (κ2) is 7.28. The van der Waals surface area contributed by atoms with Crippen molar-refractivity contribution in [1.82, 2.24) is 4.98 Å². The van der Waals surface area contributed by atoms with Crippen molar-refractivity contribution in [2.45, 2.75) is 11.8 Å². The van der Waals surface area contributed by atoms with E-state index >= 15 is 0 Å². The third kappa shape index (κ3) is 4.10. The lowest BCUT2D eigenvalue weighted by Crippen LogP contribution is -2.14. The summed E-state index contributed by atoms with van der Waals surface area (Å²) in [6.07, 6.45) is 1.70. The Morgan fingerprint density at radius 1 is 1.40 bits per heavy atom. The molecule has 1 heterocycles. The maximum atomic E-state index is 12.3. The molecule has 1 amide bonds. The summed E-state index contributed by atoms with van der Waals surface area (Å²) in [6.45, 7) is 2.04. The molecule has 0 unspecified atom stereocenters. The molecule has 3 nitrogen and oxygen atoms in total. The Bertz CT molecular complexity index is 619. The van der Waals surface area contributed by atoms with E-state index < -0.39 is 0 Å². The number of thioether (sulfide) groups is 1. The van der Waals surface area contributed by atoms with Crippen molar-refractivity contribution in [3.8, 4) is 0 Å². The molecule has 0 saturated heterocycles. The van der Waals surface area contributed by atoms with Crippen LogP contribution >= 0.6 is 46.0 Å². The summed E-state index contributed by atoms with van der Waals surface area (Å²) >= 11 is 9.76. The molecular formula is C14H12ClIN2OS. The first-order chi connectivity index (χ1) is 9.60. The molecule has 1 aromatic carbocycles. The van der Waals surface area contributed by atoms with Crippen LogP contribution in [0.5, 0.6) is 0 Å². The topological polar surface area (TPSA) is 42.0 Å². The van der Waals surface area contributed by atoms with Crippen molar-refractivity contribution in [1.29, 1.82) is 0 Å². The molecule has 2 aromatic rings. The van der Waals surface area contributed by atoms with Gasteiger partial charge in [-0.05, 0) is 58.7 Å². The van der Waals surface area contributed by atoms with Crippen LogP contribution in [0.4, 0.5) is 5.82 Å². The molecule has 20 heavy (non-hydrogen) atoms. The lowest BCUT2D eigenvalue weighted by Gasteiger charge is -2.09. The number of anilines is 1. The minimum absolute atomic E-state index is 0.197. The SMILES string of the molecule is CCSc1ccc(Cl)cc1C(=O)Nc1ccc(I)cn1. The number of nitrogens with one attached hydrogen (secondary N) is 1. The van der Waals surface area contributed by atoms with Gasteiger partial charge in [-0.25, -0.2) is 4.98 Å². The van der Waals surface area contributed by atoms with Gasteiger partial charge in [0.2, 0.25) is 0 Å². The lowest BCUT2D eigenvalue weighted by atomic mass is 10.2. The molecule has 0 radical (unpaired) electrons. The molecule has 6 heteroatoms.